The molecule has 0 radical (unpaired) electrons. The van der Waals surface area contributed by atoms with Gasteiger partial charge in [0.1, 0.15) is 5.75 Å². The Kier molecular flexibility index (Phi) is 4.32. The van der Waals surface area contributed by atoms with Crippen molar-refractivity contribution in [3.05, 3.63) is 46.7 Å². The highest BCUT2D eigenvalue weighted by Crippen LogP contribution is 2.38. The first kappa shape index (κ1) is 16.5. The molecule has 1 aromatic carbocycles. The molecule has 1 aromatic heterocycles. The van der Waals surface area contributed by atoms with Crippen LogP contribution in [-0.4, -0.2) is 35.9 Å². The number of amides is 2. The van der Waals surface area contributed by atoms with Crippen LogP contribution in [0.4, 0.5) is 5.69 Å². The minimum atomic E-state index is -1.55. The van der Waals surface area contributed by atoms with E-state index in [1.165, 1.54) is 0 Å². The monoisotopic (exact) mass is 344 g/mol. The summed E-state index contributed by atoms with van der Waals surface area (Å²) in [6.45, 7) is 4.38. The van der Waals surface area contributed by atoms with Crippen molar-refractivity contribution in [2.45, 2.75) is 26.0 Å². The highest BCUT2D eigenvalue weighted by Gasteiger charge is 2.51. The lowest BCUT2D eigenvalue weighted by molar-refractivity contribution is -0.155. The number of carbonyl (C=O) groups excluding carboxylic acids is 2. The van der Waals surface area contributed by atoms with Crippen LogP contribution in [0.2, 0.25) is 0 Å². The van der Waals surface area contributed by atoms with E-state index >= 15 is 0 Å². The number of rotatable bonds is 4. The van der Waals surface area contributed by atoms with E-state index < -0.39 is 5.60 Å². The van der Waals surface area contributed by atoms with Crippen LogP contribution in [0.3, 0.4) is 0 Å². The molecule has 126 valence electrons. The molecule has 0 spiro atoms. The Morgan fingerprint density at radius 2 is 2.04 bits per heavy atom. The third-order valence-corrected chi connectivity index (χ3v) is 5.03. The molecule has 0 saturated carbocycles. The predicted molar refractivity (Wildman–Crippen MR) is 94.3 cm³/mol. The summed E-state index contributed by atoms with van der Waals surface area (Å²) in [6.07, 6.45) is 0. The van der Waals surface area contributed by atoms with Crippen LogP contribution < -0.4 is 9.64 Å². The molecular formula is C18H20N2O3S. The molecular weight excluding hydrogens is 324 g/mol. The van der Waals surface area contributed by atoms with Gasteiger partial charge in [-0.05, 0) is 37.4 Å². The lowest BCUT2D eigenvalue weighted by Gasteiger charge is -2.40. The molecule has 2 aromatic rings. The number of para-hydroxylation sites is 2. The molecule has 1 atom stereocenters. The number of anilines is 1. The molecule has 24 heavy (non-hydrogen) atoms. The summed E-state index contributed by atoms with van der Waals surface area (Å²) < 4.78 is 5.89. The van der Waals surface area contributed by atoms with E-state index in [1.54, 1.807) is 41.2 Å². The second-order valence-electron chi connectivity index (χ2n) is 5.89. The summed E-state index contributed by atoms with van der Waals surface area (Å²) in [5.74, 6) is -0.111. The molecule has 3 rings (SSSR count). The normalized spacial score (nSPS) is 19.6. The second-order valence-corrected chi connectivity index (χ2v) is 6.93. The quantitative estimate of drug-likeness (QED) is 0.802. The fraction of sp³-hybridized carbons (Fsp3) is 0.333. The SMILES string of the molecule is CCN1C(=O)C(C)(C(=O)N(C)Cc2cccs2)Oc2ccccc21. The largest absolute Gasteiger partial charge is 0.465 e. The molecule has 6 heteroatoms. The van der Waals surface area contributed by atoms with Crippen LogP contribution in [-0.2, 0) is 16.1 Å². The maximum absolute atomic E-state index is 13.0. The Labute approximate surface area is 145 Å². The molecule has 2 heterocycles. The molecule has 1 unspecified atom stereocenters. The van der Waals surface area contributed by atoms with E-state index in [9.17, 15) is 9.59 Å². The molecule has 0 N–H and O–H groups in total. The van der Waals surface area contributed by atoms with E-state index in [4.69, 9.17) is 4.74 Å². The lowest BCUT2D eigenvalue weighted by Crippen LogP contribution is -2.62. The average molecular weight is 344 g/mol. The van der Waals surface area contributed by atoms with E-state index in [0.29, 0.717) is 24.5 Å². The third kappa shape index (κ3) is 2.67. The summed E-state index contributed by atoms with van der Waals surface area (Å²) in [6, 6.07) is 11.2. The van der Waals surface area contributed by atoms with Gasteiger partial charge in [-0.1, -0.05) is 18.2 Å². The van der Waals surface area contributed by atoms with Crippen molar-refractivity contribution >= 4 is 28.8 Å². The third-order valence-electron chi connectivity index (χ3n) is 4.17. The zero-order chi connectivity index (χ0) is 17.3. The Bertz CT molecular complexity index is 759. The number of hydrogen-bond donors (Lipinski definition) is 0. The van der Waals surface area contributed by atoms with Crippen LogP contribution in [0.5, 0.6) is 5.75 Å². The van der Waals surface area contributed by atoms with Gasteiger partial charge in [0.2, 0.25) is 0 Å². The van der Waals surface area contributed by atoms with Crippen LogP contribution in [0.1, 0.15) is 18.7 Å². The number of benzene rings is 1. The van der Waals surface area contributed by atoms with Crippen molar-refractivity contribution < 1.29 is 14.3 Å². The van der Waals surface area contributed by atoms with Gasteiger partial charge in [0, 0.05) is 18.5 Å². The minimum absolute atomic E-state index is 0.327. The maximum atomic E-state index is 13.0. The first-order chi connectivity index (χ1) is 11.5. The molecule has 5 nitrogen and oxygen atoms in total. The number of fused-ring (bicyclic) bond motifs is 1. The number of thiophene rings is 1. The van der Waals surface area contributed by atoms with Gasteiger partial charge < -0.3 is 14.5 Å². The minimum Gasteiger partial charge on any atom is -0.465 e. The van der Waals surface area contributed by atoms with Gasteiger partial charge in [0.15, 0.2) is 0 Å². The van der Waals surface area contributed by atoms with Crippen molar-refractivity contribution in [3.63, 3.8) is 0 Å². The van der Waals surface area contributed by atoms with Crippen LogP contribution in [0, 0.1) is 0 Å². The molecule has 1 aliphatic heterocycles. The Hall–Kier alpha value is -2.34. The standard InChI is InChI=1S/C18H20N2O3S/c1-4-20-14-9-5-6-10-15(14)23-18(2,17(20)22)16(21)19(3)12-13-8-7-11-24-13/h5-11H,4,12H2,1-3H3. The highest BCUT2D eigenvalue weighted by atomic mass is 32.1. The van der Waals surface area contributed by atoms with E-state index in [2.05, 4.69) is 0 Å². The van der Waals surface area contributed by atoms with Gasteiger partial charge in [0.25, 0.3) is 17.4 Å². The Balaban J connectivity index is 1.91. The average Bonchev–Trinajstić information content (AvgIpc) is 3.08. The number of hydrogen-bond acceptors (Lipinski definition) is 4. The van der Waals surface area contributed by atoms with Gasteiger partial charge in [-0.25, -0.2) is 0 Å². The highest BCUT2D eigenvalue weighted by molar-refractivity contribution is 7.09. The summed E-state index contributed by atoms with van der Waals surface area (Å²) in [4.78, 5) is 30.1. The zero-order valence-corrected chi connectivity index (χ0v) is 14.8. The van der Waals surface area contributed by atoms with Crippen LogP contribution >= 0.6 is 11.3 Å². The van der Waals surface area contributed by atoms with Crippen molar-refractivity contribution in [2.24, 2.45) is 0 Å². The van der Waals surface area contributed by atoms with Gasteiger partial charge in [-0.15, -0.1) is 11.3 Å². The van der Waals surface area contributed by atoms with Crippen molar-refractivity contribution in [3.8, 4) is 5.75 Å². The summed E-state index contributed by atoms with van der Waals surface area (Å²) in [5.41, 5.74) is -0.840. The summed E-state index contributed by atoms with van der Waals surface area (Å²) in [7, 11) is 1.70. The Morgan fingerprint density at radius 1 is 1.29 bits per heavy atom. The van der Waals surface area contributed by atoms with Crippen molar-refractivity contribution in [2.75, 3.05) is 18.5 Å². The lowest BCUT2D eigenvalue weighted by atomic mass is 9.99. The number of ether oxygens (including phenoxy) is 1. The van der Waals surface area contributed by atoms with E-state index in [-0.39, 0.29) is 11.8 Å². The zero-order valence-electron chi connectivity index (χ0n) is 14.0. The molecule has 0 fully saturated rings. The predicted octanol–water partition coefficient (Wildman–Crippen LogP) is 2.91. The molecule has 2 amide bonds. The number of nitrogens with zero attached hydrogens (tertiary/aromatic N) is 2. The Morgan fingerprint density at radius 3 is 2.71 bits per heavy atom. The second kappa shape index (κ2) is 6.28. The first-order valence-electron chi connectivity index (χ1n) is 7.85. The van der Waals surface area contributed by atoms with Gasteiger partial charge in [-0.2, -0.15) is 0 Å². The molecule has 0 aliphatic carbocycles. The first-order valence-corrected chi connectivity index (χ1v) is 8.73. The molecule has 0 bridgehead atoms. The molecule has 0 saturated heterocycles. The van der Waals surface area contributed by atoms with Gasteiger partial charge in [0.05, 0.1) is 12.2 Å². The topological polar surface area (TPSA) is 49.9 Å². The van der Waals surface area contributed by atoms with Crippen molar-refractivity contribution in [1.82, 2.24) is 4.90 Å². The molecule has 1 aliphatic rings. The summed E-state index contributed by atoms with van der Waals surface area (Å²) >= 11 is 1.58. The van der Waals surface area contributed by atoms with Gasteiger partial charge in [-0.3, -0.25) is 9.59 Å². The van der Waals surface area contributed by atoms with Gasteiger partial charge >= 0.3 is 0 Å². The summed E-state index contributed by atoms with van der Waals surface area (Å²) in [5, 5.41) is 1.96. The van der Waals surface area contributed by atoms with Crippen molar-refractivity contribution in [1.29, 1.82) is 0 Å². The fourth-order valence-corrected chi connectivity index (χ4v) is 3.68. The number of likely N-dealkylation sites (N-methyl/N-ethyl adjacent to an activating group) is 2. The fourth-order valence-electron chi connectivity index (χ4n) is 2.92. The number of carbonyl (C=O) groups is 2. The van der Waals surface area contributed by atoms with E-state index in [1.807, 2.05) is 42.6 Å². The maximum Gasteiger partial charge on any atom is 0.280 e. The van der Waals surface area contributed by atoms with E-state index in [0.717, 1.165) is 4.88 Å². The smallest absolute Gasteiger partial charge is 0.280 e. The van der Waals surface area contributed by atoms with Crippen LogP contribution in [0.25, 0.3) is 0 Å². The van der Waals surface area contributed by atoms with Crippen LogP contribution in [0.15, 0.2) is 41.8 Å².